The Kier molecular flexibility index (Phi) is 4.45. The molecule has 1 aliphatic rings. The van der Waals surface area contributed by atoms with Crippen LogP contribution in [-0.2, 0) is 9.31 Å². The largest absolute Gasteiger partial charge is 0.507 e. The van der Waals surface area contributed by atoms with Crippen molar-refractivity contribution >= 4 is 36.6 Å². The monoisotopic (exact) mass is 342 g/mol. The van der Waals surface area contributed by atoms with Crippen molar-refractivity contribution in [1.82, 2.24) is 0 Å². The van der Waals surface area contributed by atoms with Gasteiger partial charge in [-0.3, -0.25) is 0 Å². The van der Waals surface area contributed by atoms with Crippen LogP contribution in [0.25, 0.3) is 16.8 Å². The topological polar surface area (TPSA) is 38.7 Å². The lowest BCUT2D eigenvalue weighted by Gasteiger charge is -2.32. The van der Waals surface area contributed by atoms with Crippen LogP contribution in [0.2, 0.25) is 0 Å². The Morgan fingerprint density at radius 2 is 1.62 bits per heavy atom. The molecule has 1 aliphatic heterocycles. The van der Waals surface area contributed by atoms with Gasteiger partial charge in [0.25, 0.3) is 0 Å². The van der Waals surface area contributed by atoms with Gasteiger partial charge in [0.15, 0.2) is 0 Å². The van der Waals surface area contributed by atoms with E-state index < -0.39 is 7.12 Å². The first kappa shape index (κ1) is 17.4. The zero-order valence-electron chi connectivity index (χ0n) is 14.5. The molecule has 3 rings (SSSR count). The van der Waals surface area contributed by atoms with Crippen molar-refractivity contribution in [2.75, 3.05) is 5.75 Å². The fraction of sp³-hybridized carbons (Fsp3) is 0.368. The molecular weight excluding hydrogens is 319 g/mol. The zero-order valence-corrected chi connectivity index (χ0v) is 15.4. The van der Waals surface area contributed by atoms with Crippen molar-refractivity contribution in [2.45, 2.75) is 38.9 Å². The van der Waals surface area contributed by atoms with Crippen LogP contribution in [0.4, 0.5) is 0 Å². The fourth-order valence-corrected chi connectivity index (χ4v) is 3.06. The molecule has 3 nitrogen and oxygen atoms in total. The molecule has 0 unspecified atom stereocenters. The molecule has 0 atom stereocenters. The van der Waals surface area contributed by atoms with Gasteiger partial charge in [-0.1, -0.05) is 36.4 Å². The van der Waals surface area contributed by atoms with E-state index in [0.717, 1.165) is 21.8 Å². The lowest BCUT2D eigenvalue weighted by molar-refractivity contribution is 0.00578. The third-order valence-electron chi connectivity index (χ3n) is 5.01. The predicted octanol–water partition coefficient (Wildman–Crippen LogP) is 4.49. The second kappa shape index (κ2) is 6.14. The van der Waals surface area contributed by atoms with Gasteiger partial charge in [0, 0.05) is 11.1 Å². The van der Waals surface area contributed by atoms with Gasteiger partial charge in [0.05, 0.1) is 11.2 Å². The number of thiol groups is 1. The van der Waals surface area contributed by atoms with E-state index in [2.05, 4.69) is 18.7 Å². The highest BCUT2D eigenvalue weighted by atomic mass is 32.1. The fourth-order valence-electron chi connectivity index (χ4n) is 2.81. The number of hydrogen-bond acceptors (Lipinski definition) is 4. The summed E-state index contributed by atoms with van der Waals surface area (Å²) in [5.41, 5.74) is 1.22. The maximum atomic E-state index is 10.1. The van der Waals surface area contributed by atoms with Crippen LogP contribution in [0.1, 0.15) is 33.3 Å². The summed E-state index contributed by atoms with van der Waals surface area (Å²) in [6, 6.07) is 11.4. The molecule has 0 saturated carbocycles. The molecule has 5 heteroatoms. The summed E-state index contributed by atoms with van der Waals surface area (Å²) in [4.78, 5) is 0. The number of phenolic OH excluding ortho intramolecular Hbond substituents is 1. The Morgan fingerprint density at radius 1 is 1.04 bits per heavy atom. The van der Waals surface area contributed by atoms with Crippen molar-refractivity contribution in [1.29, 1.82) is 0 Å². The molecule has 126 valence electrons. The molecule has 24 heavy (non-hydrogen) atoms. The summed E-state index contributed by atoms with van der Waals surface area (Å²) >= 11 is 4.47. The number of phenols is 1. The Morgan fingerprint density at radius 3 is 2.21 bits per heavy atom. The van der Waals surface area contributed by atoms with E-state index in [4.69, 9.17) is 9.31 Å². The van der Waals surface area contributed by atoms with Crippen LogP contribution in [0.5, 0.6) is 5.75 Å². The molecule has 0 aliphatic carbocycles. The van der Waals surface area contributed by atoms with E-state index >= 15 is 0 Å². The van der Waals surface area contributed by atoms with Gasteiger partial charge in [0.1, 0.15) is 5.75 Å². The molecule has 2 aromatic carbocycles. The van der Waals surface area contributed by atoms with E-state index in [9.17, 15) is 5.11 Å². The SMILES string of the molecule is CC1(C)OB(C(=Cc2ccc(O)c3ccccc23)CS)OC1(C)C. The van der Waals surface area contributed by atoms with E-state index in [1.807, 2.05) is 58.0 Å². The van der Waals surface area contributed by atoms with Crippen LogP contribution in [0, 0.1) is 0 Å². The van der Waals surface area contributed by atoms with E-state index in [1.165, 1.54) is 0 Å². The average Bonchev–Trinajstić information content (AvgIpc) is 2.75. The van der Waals surface area contributed by atoms with Gasteiger partial charge in [-0.15, -0.1) is 0 Å². The molecule has 0 aromatic heterocycles. The van der Waals surface area contributed by atoms with Gasteiger partial charge in [-0.25, -0.2) is 0 Å². The number of aromatic hydroxyl groups is 1. The minimum absolute atomic E-state index is 0.283. The minimum Gasteiger partial charge on any atom is -0.507 e. The predicted molar refractivity (Wildman–Crippen MR) is 104 cm³/mol. The number of hydrogen-bond donors (Lipinski definition) is 2. The van der Waals surface area contributed by atoms with Crippen molar-refractivity contribution in [3.8, 4) is 5.75 Å². The van der Waals surface area contributed by atoms with Crippen LogP contribution < -0.4 is 0 Å². The van der Waals surface area contributed by atoms with Gasteiger partial charge in [0.2, 0.25) is 0 Å². The van der Waals surface area contributed by atoms with Crippen LogP contribution in [0.3, 0.4) is 0 Å². The summed E-state index contributed by atoms with van der Waals surface area (Å²) in [6.45, 7) is 8.16. The standard InChI is InChI=1S/C19H23BO3S/c1-18(2)19(3,4)23-20(22-18)14(12-24)11-13-9-10-17(21)16-8-6-5-7-15(13)16/h5-11,21,24H,12H2,1-4H3. The van der Waals surface area contributed by atoms with Crippen LogP contribution >= 0.6 is 12.6 Å². The van der Waals surface area contributed by atoms with Crippen molar-refractivity contribution < 1.29 is 14.4 Å². The first-order valence-corrected chi connectivity index (χ1v) is 8.76. The lowest BCUT2D eigenvalue weighted by atomic mass is 9.78. The number of rotatable bonds is 3. The van der Waals surface area contributed by atoms with E-state index in [0.29, 0.717) is 5.75 Å². The Balaban J connectivity index is 2.03. The van der Waals surface area contributed by atoms with Gasteiger partial charge < -0.3 is 14.4 Å². The van der Waals surface area contributed by atoms with Crippen molar-refractivity contribution in [3.05, 3.63) is 47.4 Å². The molecule has 0 amide bonds. The quantitative estimate of drug-likeness (QED) is 0.638. The lowest BCUT2D eigenvalue weighted by Crippen LogP contribution is -2.41. The summed E-state index contributed by atoms with van der Waals surface area (Å²) in [5.74, 6) is 0.817. The average molecular weight is 342 g/mol. The summed E-state index contributed by atoms with van der Waals surface area (Å²) in [7, 11) is -0.417. The minimum atomic E-state index is -0.417. The summed E-state index contributed by atoms with van der Waals surface area (Å²) < 4.78 is 12.3. The highest BCUT2D eigenvalue weighted by Crippen LogP contribution is 2.39. The van der Waals surface area contributed by atoms with E-state index in [1.54, 1.807) is 6.07 Å². The number of fused-ring (bicyclic) bond motifs is 1. The smallest absolute Gasteiger partial charge is 0.491 e. The van der Waals surface area contributed by atoms with Crippen molar-refractivity contribution in [3.63, 3.8) is 0 Å². The molecular formula is C19H23BO3S. The summed E-state index contributed by atoms with van der Waals surface area (Å²) in [6.07, 6.45) is 2.05. The third-order valence-corrected chi connectivity index (χ3v) is 5.38. The Labute approximate surface area is 149 Å². The second-order valence-electron chi connectivity index (χ2n) is 7.19. The van der Waals surface area contributed by atoms with Crippen LogP contribution in [0.15, 0.2) is 41.9 Å². The molecule has 0 radical (unpaired) electrons. The molecule has 0 bridgehead atoms. The molecule has 1 heterocycles. The van der Waals surface area contributed by atoms with Gasteiger partial charge in [-0.05, 0) is 50.2 Å². The second-order valence-corrected chi connectivity index (χ2v) is 7.50. The van der Waals surface area contributed by atoms with Crippen LogP contribution in [-0.4, -0.2) is 29.2 Å². The molecule has 1 fully saturated rings. The van der Waals surface area contributed by atoms with Gasteiger partial charge in [-0.2, -0.15) is 12.6 Å². The molecule has 1 saturated heterocycles. The first-order valence-electron chi connectivity index (χ1n) is 8.13. The molecule has 1 N–H and O–H groups in total. The maximum Gasteiger partial charge on any atom is 0.491 e. The highest BCUT2D eigenvalue weighted by molar-refractivity contribution is 7.80. The van der Waals surface area contributed by atoms with Crippen molar-refractivity contribution in [2.24, 2.45) is 0 Å². The van der Waals surface area contributed by atoms with Gasteiger partial charge >= 0.3 is 7.12 Å². The Bertz CT molecular complexity index is 782. The summed E-state index contributed by atoms with van der Waals surface area (Å²) in [5, 5.41) is 11.9. The Hall–Kier alpha value is -1.43. The first-order chi connectivity index (χ1) is 11.2. The van der Waals surface area contributed by atoms with E-state index in [-0.39, 0.29) is 17.0 Å². The zero-order chi connectivity index (χ0) is 17.5. The number of benzene rings is 2. The molecule has 0 spiro atoms. The highest BCUT2D eigenvalue weighted by Gasteiger charge is 2.52. The maximum absolute atomic E-state index is 10.1. The third kappa shape index (κ3) is 2.96. The molecule has 2 aromatic rings. The normalized spacial score (nSPS) is 19.9.